The largest absolute Gasteiger partial charge is 0.329 e. The van der Waals surface area contributed by atoms with Crippen molar-refractivity contribution in [2.75, 3.05) is 0 Å². The van der Waals surface area contributed by atoms with Crippen LogP contribution >= 0.6 is 0 Å². The van der Waals surface area contributed by atoms with Crippen LogP contribution in [0.3, 0.4) is 0 Å². The van der Waals surface area contributed by atoms with E-state index in [4.69, 9.17) is 0 Å². The van der Waals surface area contributed by atoms with E-state index in [-0.39, 0.29) is 11.9 Å². The molecule has 0 spiro atoms. The second-order valence-corrected chi connectivity index (χ2v) is 3.75. The molecule has 0 radical (unpaired) electrons. The van der Waals surface area contributed by atoms with Crippen molar-refractivity contribution in [1.29, 1.82) is 0 Å². The monoisotopic (exact) mass is 203 g/mol. The fraction of sp³-hybridized carbons (Fsp3) is 0.333. The molecule has 15 heavy (non-hydrogen) atoms. The lowest BCUT2D eigenvalue weighted by Gasteiger charge is -2.20. The van der Waals surface area contributed by atoms with Crippen molar-refractivity contribution < 1.29 is 9.59 Å². The highest BCUT2D eigenvalue weighted by molar-refractivity contribution is 5.83. The second-order valence-electron chi connectivity index (χ2n) is 3.75. The molecule has 0 bridgehead atoms. The summed E-state index contributed by atoms with van der Waals surface area (Å²) in [6.45, 7) is 0.545. The topological polar surface area (TPSA) is 37.4 Å². The lowest BCUT2D eigenvalue weighted by Crippen LogP contribution is -2.33. The van der Waals surface area contributed by atoms with E-state index in [1.54, 1.807) is 4.90 Å². The van der Waals surface area contributed by atoms with Gasteiger partial charge in [-0.05, 0) is 12.0 Å². The zero-order valence-electron chi connectivity index (χ0n) is 8.43. The number of hydrogen-bond acceptors (Lipinski definition) is 2. The Labute approximate surface area is 88.7 Å². The van der Waals surface area contributed by atoms with Gasteiger partial charge in [0.05, 0.1) is 6.04 Å². The van der Waals surface area contributed by atoms with Gasteiger partial charge in [-0.25, -0.2) is 0 Å². The van der Waals surface area contributed by atoms with E-state index in [1.807, 2.05) is 30.3 Å². The first-order chi connectivity index (χ1) is 7.31. The summed E-state index contributed by atoms with van der Waals surface area (Å²) in [5.74, 6) is 0.0796. The Kier molecular flexibility index (Phi) is 2.81. The van der Waals surface area contributed by atoms with Crippen molar-refractivity contribution in [3.05, 3.63) is 35.9 Å². The fourth-order valence-corrected chi connectivity index (χ4v) is 1.88. The molecule has 1 aromatic carbocycles. The maximum atomic E-state index is 11.5. The predicted molar refractivity (Wildman–Crippen MR) is 56.1 cm³/mol. The molecule has 1 fully saturated rings. The van der Waals surface area contributed by atoms with Gasteiger partial charge >= 0.3 is 0 Å². The van der Waals surface area contributed by atoms with Gasteiger partial charge in [-0.3, -0.25) is 4.79 Å². The number of rotatable bonds is 3. The zero-order chi connectivity index (χ0) is 10.7. The molecule has 78 valence electrons. The van der Waals surface area contributed by atoms with Gasteiger partial charge in [0.2, 0.25) is 5.91 Å². The molecular formula is C12H13NO2. The zero-order valence-corrected chi connectivity index (χ0v) is 8.43. The van der Waals surface area contributed by atoms with Crippen molar-refractivity contribution in [3.63, 3.8) is 0 Å². The standard InChI is InChI=1S/C12H13NO2/c14-9-11-6-7-12(15)13(11)8-10-4-2-1-3-5-10/h1-5,9,11H,6-8H2. The van der Waals surface area contributed by atoms with Crippen LogP contribution in [-0.2, 0) is 16.1 Å². The molecular weight excluding hydrogens is 190 g/mol. The average Bonchev–Trinajstić information content (AvgIpc) is 2.62. The molecule has 0 saturated carbocycles. The van der Waals surface area contributed by atoms with Crippen molar-refractivity contribution in [3.8, 4) is 0 Å². The second kappa shape index (κ2) is 4.26. The van der Waals surface area contributed by atoms with Gasteiger partial charge in [-0.1, -0.05) is 30.3 Å². The number of nitrogens with zero attached hydrogens (tertiary/aromatic N) is 1. The number of amides is 1. The van der Waals surface area contributed by atoms with Crippen LogP contribution in [0.2, 0.25) is 0 Å². The van der Waals surface area contributed by atoms with E-state index in [0.717, 1.165) is 11.8 Å². The van der Waals surface area contributed by atoms with Gasteiger partial charge in [0.15, 0.2) is 0 Å². The van der Waals surface area contributed by atoms with Crippen molar-refractivity contribution >= 4 is 12.2 Å². The van der Waals surface area contributed by atoms with Gasteiger partial charge in [0.1, 0.15) is 6.29 Å². The Morgan fingerprint density at radius 1 is 1.33 bits per heavy atom. The van der Waals surface area contributed by atoms with E-state index in [1.165, 1.54) is 0 Å². The number of benzene rings is 1. The van der Waals surface area contributed by atoms with Crippen molar-refractivity contribution in [2.24, 2.45) is 0 Å². The quantitative estimate of drug-likeness (QED) is 0.696. The summed E-state index contributed by atoms with van der Waals surface area (Å²) in [6.07, 6.45) is 2.03. The number of hydrogen-bond donors (Lipinski definition) is 0. The van der Waals surface area contributed by atoms with Gasteiger partial charge in [0, 0.05) is 13.0 Å². The van der Waals surface area contributed by atoms with Gasteiger partial charge < -0.3 is 9.69 Å². The fourth-order valence-electron chi connectivity index (χ4n) is 1.88. The highest BCUT2D eigenvalue weighted by Gasteiger charge is 2.30. The summed E-state index contributed by atoms with van der Waals surface area (Å²) in [6, 6.07) is 9.52. The molecule has 1 unspecified atom stereocenters. The molecule has 3 heteroatoms. The van der Waals surface area contributed by atoms with Crippen LogP contribution in [0.15, 0.2) is 30.3 Å². The molecule has 0 N–H and O–H groups in total. The third-order valence-corrected chi connectivity index (χ3v) is 2.73. The maximum absolute atomic E-state index is 11.5. The summed E-state index contributed by atoms with van der Waals surface area (Å²) in [7, 11) is 0. The highest BCUT2D eigenvalue weighted by Crippen LogP contribution is 2.19. The van der Waals surface area contributed by atoms with Gasteiger partial charge in [0.25, 0.3) is 0 Å². The number of aldehydes is 1. The number of likely N-dealkylation sites (tertiary alicyclic amines) is 1. The SMILES string of the molecule is O=CC1CCC(=O)N1Cc1ccccc1. The molecule has 3 nitrogen and oxygen atoms in total. The molecule has 0 aromatic heterocycles. The molecule has 1 aliphatic rings. The first-order valence-corrected chi connectivity index (χ1v) is 5.10. The summed E-state index contributed by atoms with van der Waals surface area (Å²) in [5.41, 5.74) is 1.07. The number of carbonyl (C=O) groups excluding carboxylic acids is 2. The van der Waals surface area contributed by atoms with E-state index in [0.29, 0.717) is 19.4 Å². The molecule has 1 heterocycles. The van der Waals surface area contributed by atoms with Crippen LogP contribution in [0.25, 0.3) is 0 Å². The van der Waals surface area contributed by atoms with Crippen LogP contribution in [-0.4, -0.2) is 23.1 Å². The molecule has 1 atom stereocenters. The summed E-state index contributed by atoms with van der Waals surface area (Å²) < 4.78 is 0. The van der Waals surface area contributed by atoms with E-state index in [9.17, 15) is 9.59 Å². The molecule has 1 aliphatic heterocycles. The average molecular weight is 203 g/mol. The van der Waals surface area contributed by atoms with Crippen LogP contribution in [0.4, 0.5) is 0 Å². The minimum atomic E-state index is -0.224. The van der Waals surface area contributed by atoms with E-state index >= 15 is 0 Å². The molecule has 1 amide bonds. The van der Waals surface area contributed by atoms with Crippen LogP contribution in [0, 0.1) is 0 Å². The van der Waals surface area contributed by atoms with Crippen LogP contribution in [0.5, 0.6) is 0 Å². The van der Waals surface area contributed by atoms with E-state index in [2.05, 4.69) is 0 Å². The lowest BCUT2D eigenvalue weighted by atomic mass is 10.2. The highest BCUT2D eigenvalue weighted by atomic mass is 16.2. The first kappa shape index (κ1) is 9.90. The van der Waals surface area contributed by atoms with Crippen molar-refractivity contribution in [1.82, 2.24) is 4.90 Å². The normalized spacial score (nSPS) is 20.7. The predicted octanol–water partition coefficient (Wildman–Crippen LogP) is 1.38. The van der Waals surface area contributed by atoms with Crippen LogP contribution < -0.4 is 0 Å². The third kappa shape index (κ3) is 2.06. The molecule has 2 rings (SSSR count). The Morgan fingerprint density at radius 2 is 2.07 bits per heavy atom. The number of carbonyl (C=O) groups is 2. The molecule has 0 aliphatic carbocycles. The van der Waals surface area contributed by atoms with Gasteiger partial charge in [-0.2, -0.15) is 0 Å². The van der Waals surface area contributed by atoms with Crippen LogP contribution in [0.1, 0.15) is 18.4 Å². The van der Waals surface area contributed by atoms with Crippen molar-refractivity contribution in [2.45, 2.75) is 25.4 Å². The summed E-state index contributed by atoms with van der Waals surface area (Å²) >= 11 is 0. The first-order valence-electron chi connectivity index (χ1n) is 5.10. The minimum Gasteiger partial charge on any atom is -0.329 e. The Balaban J connectivity index is 2.10. The summed E-state index contributed by atoms with van der Waals surface area (Å²) in [5, 5.41) is 0. The minimum absolute atomic E-state index is 0.0796. The Bertz CT molecular complexity index is 361. The third-order valence-electron chi connectivity index (χ3n) is 2.73. The Hall–Kier alpha value is -1.64. The van der Waals surface area contributed by atoms with Gasteiger partial charge in [-0.15, -0.1) is 0 Å². The smallest absolute Gasteiger partial charge is 0.223 e. The van der Waals surface area contributed by atoms with E-state index < -0.39 is 0 Å². The molecule has 1 aromatic rings. The lowest BCUT2D eigenvalue weighted by molar-refractivity contribution is -0.131. The molecule has 1 saturated heterocycles. The Morgan fingerprint density at radius 3 is 2.73 bits per heavy atom. The summed E-state index contributed by atoms with van der Waals surface area (Å²) in [4.78, 5) is 23.9. The maximum Gasteiger partial charge on any atom is 0.223 e.